The van der Waals surface area contributed by atoms with Crippen LogP contribution in [0.4, 0.5) is 19.5 Å². The lowest BCUT2D eigenvalue weighted by atomic mass is 10.1. The Morgan fingerprint density at radius 3 is 2.04 bits per heavy atom. The lowest BCUT2D eigenvalue weighted by Crippen LogP contribution is -2.54. The number of rotatable bonds is 14. The van der Waals surface area contributed by atoms with E-state index >= 15 is 0 Å². The topological polar surface area (TPSA) is 211 Å². The van der Waals surface area contributed by atoms with E-state index in [4.69, 9.17) is 14.2 Å². The molecule has 1 heterocycles. The largest absolute Gasteiger partial charge is 0.447 e. The van der Waals surface area contributed by atoms with E-state index in [2.05, 4.69) is 40.9 Å². The summed E-state index contributed by atoms with van der Waals surface area (Å²) in [7, 11) is 0. The van der Waals surface area contributed by atoms with Gasteiger partial charge in [-0.2, -0.15) is 21.1 Å². The highest BCUT2D eigenvalue weighted by molar-refractivity contribution is 7.98. The summed E-state index contributed by atoms with van der Waals surface area (Å²) in [5.41, 5.74) is -0.867. The van der Waals surface area contributed by atoms with Crippen molar-refractivity contribution < 1.29 is 38.2 Å². The van der Waals surface area contributed by atoms with Gasteiger partial charge in [0.1, 0.15) is 29.4 Å². The molecule has 0 spiro atoms. The van der Waals surface area contributed by atoms with Crippen molar-refractivity contribution in [3.8, 4) is 11.4 Å². The van der Waals surface area contributed by atoms with Gasteiger partial charge in [-0.25, -0.2) is 14.4 Å². The molecule has 0 saturated heterocycles. The second-order valence-corrected chi connectivity index (χ2v) is 14.9. The highest BCUT2D eigenvalue weighted by Gasteiger charge is 2.28. The number of guanidine groups is 1. The molecule has 0 saturated carbocycles. The highest BCUT2D eigenvalue weighted by Crippen LogP contribution is 2.21. The molecule has 18 heteroatoms. The van der Waals surface area contributed by atoms with Crippen LogP contribution in [-0.2, 0) is 23.8 Å². The summed E-state index contributed by atoms with van der Waals surface area (Å²) in [6, 6.07) is 7.13. The van der Waals surface area contributed by atoms with Crippen LogP contribution in [0.15, 0.2) is 35.3 Å². The van der Waals surface area contributed by atoms with Crippen molar-refractivity contribution in [1.29, 1.82) is 0 Å². The third kappa shape index (κ3) is 17.4. The summed E-state index contributed by atoms with van der Waals surface area (Å²) < 4.78 is 20.2. The van der Waals surface area contributed by atoms with Crippen molar-refractivity contribution in [2.45, 2.75) is 104 Å². The molecule has 0 aliphatic rings. The molecule has 2 rings (SSSR count). The molecule has 3 atom stereocenters. The van der Waals surface area contributed by atoms with E-state index < -0.39 is 53.4 Å². The number of ether oxygens (including phenoxy) is 3. The monoisotopic (exact) mass is 750 g/mol. The zero-order chi connectivity index (χ0) is 38.2. The normalized spacial score (nSPS) is 13.0. The van der Waals surface area contributed by atoms with Crippen LogP contribution < -0.4 is 26.6 Å². The minimum Gasteiger partial charge on any atom is -0.447 e. The Morgan fingerprint density at radius 1 is 0.882 bits per heavy atom. The number of alkyl carbamates (subject to hydrolysis) is 3. The minimum absolute atomic E-state index is 0.00522. The molecule has 0 fully saturated rings. The number of carbonyl (C=O) groups excluding carboxylic acids is 5. The molecule has 282 valence electrons. The SMILES string of the molecule is CCC(C)OC(=O)N[C@@H](CSC)C(=O)NC(CCCN=C(NC(=O)OC(C)(C)C)NC(=O)OC(C)(C)C)C(=O)Nc1nc(-c2ccccc2)ns1. The number of hydrogen-bond donors (Lipinski definition) is 5. The van der Waals surface area contributed by atoms with Gasteiger partial charge in [-0.3, -0.25) is 30.5 Å². The Labute approximate surface area is 307 Å². The molecule has 1 aromatic carbocycles. The predicted octanol–water partition coefficient (Wildman–Crippen LogP) is 5.07. The lowest BCUT2D eigenvalue weighted by molar-refractivity contribution is -0.127. The van der Waals surface area contributed by atoms with Crippen LogP contribution in [0.1, 0.15) is 74.7 Å². The Morgan fingerprint density at radius 2 is 1.49 bits per heavy atom. The molecule has 0 aliphatic heterocycles. The molecule has 0 radical (unpaired) electrons. The number of aromatic nitrogens is 2. The van der Waals surface area contributed by atoms with Gasteiger partial charge in [0.2, 0.25) is 22.9 Å². The fourth-order valence-corrected chi connectivity index (χ4v) is 5.06. The molecular weight excluding hydrogens is 701 g/mol. The van der Waals surface area contributed by atoms with Gasteiger partial charge in [-0.15, -0.1) is 0 Å². The summed E-state index contributed by atoms with van der Waals surface area (Å²) in [6.45, 7) is 13.7. The molecule has 1 aromatic heterocycles. The number of benzene rings is 1. The first-order chi connectivity index (χ1) is 23.9. The van der Waals surface area contributed by atoms with Crippen molar-refractivity contribution in [3.63, 3.8) is 0 Å². The zero-order valence-corrected chi connectivity index (χ0v) is 32.2. The first kappa shape index (κ1) is 42.7. The second-order valence-electron chi connectivity index (χ2n) is 13.2. The van der Waals surface area contributed by atoms with Gasteiger partial charge in [0, 0.05) is 29.4 Å². The van der Waals surface area contributed by atoms with Gasteiger partial charge in [-0.1, -0.05) is 37.3 Å². The molecular formula is C33H50N8O8S2. The van der Waals surface area contributed by atoms with E-state index in [1.165, 1.54) is 11.8 Å². The van der Waals surface area contributed by atoms with Crippen molar-refractivity contribution in [2.24, 2.45) is 4.99 Å². The Hall–Kier alpha value is -4.45. The van der Waals surface area contributed by atoms with Crippen LogP contribution in [0.3, 0.4) is 0 Å². The molecule has 5 amide bonds. The standard InChI is InChI=1S/C33H50N8O8S2/c1-10-20(2)47-29(44)36-23(19-50-9)26(43)35-22(25(42)38-28-37-24(41-51-28)21-15-12-11-13-16-21)17-14-18-34-27(39-30(45)48-32(3,4)5)40-31(46)49-33(6,7)8/h11-13,15-16,20,22-23H,10,14,17-19H2,1-9H3,(H,35,43)(H,36,44)(H,37,38,41,42)(H2,34,39,40,45,46)/t20?,22?,23-/m0/s1. The first-order valence-electron chi connectivity index (χ1n) is 16.4. The predicted molar refractivity (Wildman–Crippen MR) is 198 cm³/mol. The van der Waals surface area contributed by atoms with E-state index in [0.717, 1.165) is 17.1 Å². The smallest absolute Gasteiger partial charge is 0.414 e. The Kier molecular flexibility index (Phi) is 17.1. The number of thioether (sulfide) groups is 1. The van der Waals surface area contributed by atoms with E-state index in [1.54, 1.807) is 54.7 Å². The van der Waals surface area contributed by atoms with E-state index in [9.17, 15) is 24.0 Å². The highest BCUT2D eigenvalue weighted by atomic mass is 32.2. The molecule has 0 bridgehead atoms. The molecule has 0 aliphatic carbocycles. The van der Waals surface area contributed by atoms with E-state index in [0.29, 0.717) is 12.2 Å². The van der Waals surface area contributed by atoms with Crippen LogP contribution in [0.2, 0.25) is 0 Å². The molecule has 2 unspecified atom stereocenters. The van der Waals surface area contributed by atoms with Crippen molar-refractivity contribution >= 4 is 64.5 Å². The van der Waals surface area contributed by atoms with Gasteiger partial charge >= 0.3 is 18.3 Å². The molecule has 5 N–H and O–H groups in total. The Balaban J connectivity index is 2.26. The molecule has 51 heavy (non-hydrogen) atoms. The summed E-state index contributed by atoms with van der Waals surface area (Å²) in [4.78, 5) is 73.1. The van der Waals surface area contributed by atoms with Gasteiger partial charge in [-0.05, 0) is 74.0 Å². The van der Waals surface area contributed by atoms with Crippen LogP contribution in [-0.4, -0.2) is 93.4 Å². The second kappa shape index (κ2) is 20.4. The molecule has 16 nitrogen and oxygen atoms in total. The maximum Gasteiger partial charge on any atom is 0.414 e. The van der Waals surface area contributed by atoms with Crippen LogP contribution in [0.25, 0.3) is 11.4 Å². The van der Waals surface area contributed by atoms with Gasteiger partial charge < -0.3 is 24.8 Å². The molecule has 2 aromatic rings. The van der Waals surface area contributed by atoms with Gasteiger partial charge in [0.15, 0.2) is 5.82 Å². The van der Waals surface area contributed by atoms with Crippen molar-refractivity contribution in [1.82, 2.24) is 30.6 Å². The number of nitrogens with one attached hydrogen (secondary N) is 5. The van der Waals surface area contributed by atoms with Crippen LogP contribution in [0, 0.1) is 0 Å². The number of aliphatic imine (C=N–C) groups is 1. The maximum absolute atomic E-state index is 13.6. The third-order valence-corrected chi connectivity index (χ3v) is 7.60. The number of carbonyl (C=O) groups is 5. The average Bonchev–Trinajstić information content (AvgIpc) is 3.48. The quantitative estimate of drug-likeness (QED) is 0.0745. The number of amides is 5. The fraction of sp³-hybridized carbons (Fsp3) is 0.576. The summed E-state index contributed by atoms with van der Waals surface area (Å²) >= 11 is 2.31. The third-order valence-electron chi connectivity index (χ3n) is 6.31. The summed E-state index contributed by atoms with van der Waals surface area (Å²) in [5, 5.41) is 13.1. The van der Waals surface area contributed by atoms with Crippen molar-refractivity contribution in [2.75, 3.05) is 23.9 Å². The van der Waals surface area contributed by atoms with Crippen molar-refractivity contribution in [3.05, 3.63) is 30.3 Å². The summed E-state index contributed by atoms with van der Waals surface area (Å²) in [6.07, 6.45) is -0.166. The fourth-order valence-electron chi connectivity index (χ4n) is 3.90. The minimum atomic E-state index is -1.10. The first-order valence-corrected chi connectivity index (χ1v) is 18.6. The van der Waals surface area contributed by atoms with Crippen LogP contribution >= 0.6 is 23.3 Å². The Bertz CT molecular complexity index is 1460. The van der Waals surface area contributed by atoms with Gasteiger partial charge in [0.05, 0.1) is 0 Å². The number of hydrogen-bond acceptors (Lipinski definition) is 13. The maximum atomic E-state index is 13.6. The van der Waals surface area contributed by atoms with Crippen LogP contribution in [0.5, 0.6) is 0 Å². The van der Waals surface area contributed by atoms with E-state index in [1.807, 2.05) is 37.3 Å². The number of nitrogens with zero attached hydrogens (tertiary/aromatic N) is 3. The summed E-state index contributed by atoms with van der Waals surface area (Å²) in [5.74, 6) is -0.762. The average molecular weight is 751 g/mol. The van der Waals surface area contributed by atoms with E-state index in [-0.39, 0.29) is 42.3 Å². The number of anilines is 1. The van der Waals surface area contributed by atoms with Gasteiger partial charge in [0.25, 0.3) is 0 Å². The zero-order valence-electron chi connectivity index (χ0n) is 30.6. The lowest BCUT2D eigenvalue weighted by Gasteiger charge is -2.23.